The smallest absolute Gasteiger partial charge is 0.307 e. The van der Waals surface area contributed by atoms with E-state index in [4.69, 9.17) is 4.74 Å². The third-order valence-corrected chi connectivity index (χ3v) is 5.93. The van der Waals surface area contributed by atoms with Crippen LogP contribution < -0.4 is 5.56 Å². The Hall–Kier alpha value is -3.00. The lowest BCUT2D eigenvalue weighted by Gasteiger charge is -2.07. The molecule has 0 bridgehead atoms. The second kappa shape index (κ2) is 7.93. The third-order valence-electron chi connectivity index (χ3n) is 4.20. The first-order valence-electron chi connectivity index (χ1n) is 8.68. The van der Waals surface area contributed by atoms with E-state index in [9.17, 15) is 18.0 Å². The van der Waals surface area contributed by atoms with Gasteiger partial charge in [0.25, 0.3) is 5.56 Å². The summed E-state index contributed by atoms with van der Waals surface area (Å²) in [6, 6.07) is 11.3. The molecular formula is C20H20N2O5S. The van der Waals surface area contributed by atoms with Crippen LogP contribution in [0, 0.1) is 13.8 Å². The second-order valence-electron chi connectivity index (χ2n) is 6.56. The summed E-state index contributed by atoms with van der Waals surface area (Å²) in [7, 11) is -3.56. The van der Waals surface area contributed by atoms with Crippen LogP contribution in [0.5, 0.6) is 0 Å². The Bertz CT molecular complexity index is 1180. The van der Waals surface area contributed by atoms with Gasteiger partial charge in [-0.05, 0) is 37.6 Å². The summed E-state index contributed by atoms with van der Waals surface area (Å²) in [5.74, 6) is -1.01. The summed E-state index contributed by atoms with van der Waals surface area (Å²) in [5.41, 5.74) is 2.36. The Labute approximate surface area is 162 Å². The summed E-state index contributed by atoms with van der Waals surface area (Å²) in [6.07, 6.45) is 1.40. The normalized spacial score (nSPS) is 11.5. The number of nitrogens with zero attached hydrogens (tertiary/aromatic N) is 2. The molecule has 2 heterocycles. The van der Waals surface area contributed by atoms with Gasteiger partial charge in [0.2, 0.25) is 0 Å². The number of aromatic nitrogens is 2. The van der Waals surface area contributed by atoms with Crippen molar-refractivity contribution in [1.82, 2.24) is 9.38 Å². The highest BCUT2D eigenvalue weighted by atomic mass is 32.2. The van der Waals surface area contributed by atoms with Crippen molar-refractivity contribution < 1.29 is 17.9 Å². The molecule has 0 aliphatic heterocycles. The number of carbonyl (C=O) groups is 1. The number of esters is 1. The van der Waals surface area contributed by atoms with Crippen LogP contribution in [0.4, 0.5) is 0 Å². The maximum absolute atomic E-state index is 12.3. The van der Waals surface area contributed by atoms with Crippen molar-refractivity contribution in [3.05, 3.63) is 75.8 Å². The van der Waals surface area contributed by atoms with Crippen LogP contribution >= 0.6 is 0 Å². The summed E-state index contributed by atoms with van der Waals surface area (Å²) in [6.45, 7) is 3.54. The predicted molar refractivity (Wildman–Crippen MR) is 104 cm³/mol. The van der Waals surface area contributed by atoms with Crippen LogP contribution in [-0.2, 0) is 26.0 Å². The molecule has 8 heteroatoms. The molecule has 0 N–H and O–H groups in total. The van der Waals surface area contributed by atoms with E-state index in [0.717, 1.165) is 11.1 Å². The molecule has 28 heavy (non-hydrogen) atoms. The topological polar surface area (TPSA) is 94.8 Å². The minimum atomic E-state index is -3.56. The molecule has 0 saturated carbocycles. The van der Waals surface area contributed by atoms with E-state index in [2.05, 4.69) is 4.98 Å². The highest BCUT2D eigenvalue weighted by molar-refractivity contribution is 7.91. The average molecular weight is 400 g/mol. The van der Waals surface area contributed by atoms with Crippen molar-refractivity contribution in [3.8, 4) is 0 Å². The molecule has 0 aliphatic rings. The Balaban J connectivity index is 1.61. The molecule has 0 saturated heterocycles. The van der Waals surface area contributed by atoms with E-state index in [1.165, 1.54) is 22.6 Å². The predicted octanol–water partition coefficient (Wildman–Crippen LogP) is 2.22. The van der Waals surface area contributed by atoms with Gasteiger partial charge in [-0.15, -0.1) is 0 Å². The van der Waals surface area contributed by atoms with Crippen molar-refractivity contribution in [2.45, 2.75) is 31.8 Å². The van der Waals surface area contributed by atoms with Gasteiger partial charge in [-0.1, -0.05) is 23.8 Å². The molecule has 146 valence electrons. The molecule has 0 unspecified atom stereocenters. The van der Waals surface area contributed by atoms with E-state index < -0.39 is 15.8 Å². The number of hydrogen-bond donors (Lipinski definition) is 0. The lowest BCUT2D eigenvalue weighted by atomic mass is 10.2. The third kappa shape index (κ3) is 4.64. The zero-order valence-electron chi connectivity index (χ0n) is 15.6. The van der Waals surface area contributed by atoms with Gasteiger partial charge in [0.05, 0.1) is 22.8 Å². The second-order valence-corrected chi connectivity index (χ2v) is 8.67. The van der Waals surface area contributed by atoms with Gasteiger partial charge >= 0.3 is 5.97 Å². The maximum Gasteiger partial charge on any atom is 0.307 e. The van der Waals surface area contributed by atoms with E-state index in [0.29, 0.717) is 11.3 Å². The molecular weight excluding hydrogens is 380 g/mol. The standard InChI is InChI=1S/C20H20N2O5S/c1-14-3-6-17(7-4-14)28(25,26)10-9-20(24)27-13-16-11-19(23)22-12-15(2)5-8-18(22)21-16/h3-8,11-12H,9-10,13H2,1-2H3. The molecule has 3 aromatic rings. The molecule has 2 aromatic heterocycles. The highest BCUT2D eigenvalue weighted by Gasteiger charge is 2.17. The van der Waals surface area contributed by atoms with Crippen LogP contribution in [0.25, 0.3) is 5.65 Å². The SMILES string of the molecule is Cc1ccc(S(=O)(=O)CCC(=O)OCc2cc(=O)n3cc(C)ccc3n2)cc1. The zero-order valence-corrected chi connectivity index (χ0v) is 16.4. The number of fused-ring (bicyclic) bond motifs is 1. The summed E-state index contributed by atoms with van der Waals surface area (Å²) < 4.78 is 31.1. The summed E-state index contributed by atoms with van der Waals surface area (Å²) in [4.78, 5) is 28.5. The molecule has 0 fully saturated rings. The number of pyridine rings is 1. The van der Waals surface area contributed by atoms with Crippen molar-refractivity contribution in [2.24, 2.45) is 0 Å². The lowest BCUT2D eigenvalue weighted by Crippen LogP contribution is -2.17. The maximum atomic E-state index is 12.3. The van der Waals surface area contributed by atoms with Gasteiger partial charge in [-0.3, -0.25) is 14.0 Å². The minimum absolute atomic E-state index is 0.172. The Morgan fingerprint density at radius 1 is 1.07 bits per heavy atom. The lowest BCUT2D eigenvalue weighted by molar-refractivity contribution is -0.144. The fourth-order valence-electron chi connectivity index (χ4n) is 2.64. The number of hydrogen-bond acceptors (Lipinski definition) is 6. The van der Waals surface area contributed by atoms with Gasteiger partial charge in [0, 0.05) is 12.3 Å². The van der Waals surface area contributed by atoms with E-state index in [1.807, 2.05) is 19.9 Å². The monoisotopic (exact) mass is 400 g/mol. The summed E-state index contributed by atoms with van der Waals surface area (Å²) in [5, 5.41) is 0. The summed E-state index contributed by atoms with van der Waals surface area (Å²) >= 11 is 0. The largest absolute Gasteiger partial charge is 0.459 e. The van der Waals surface area contributed by atoms with Crippen molar-refractivity contribution in [3.63, 3.8) is 0 Å². The Morgan fingerprint density at radius 2 is 1.75 bits per heavy atom. The number of ether oxygens (including phenoxy) is 1. The van der Waals surface area contributed by atoms with Gasteiger partial charge in [0.1, 0.15) is 12.3 Å². The van der Waals surface area contributed by atoms with E-state index in [1.54, 1.807) is 24.4 Å². The Morgan fingerprint density at radius 3 is 2.46 bits per heavy atom. The van der Waals surface area contributed by atoms with Gasteiger partial charge < -0.3 is 4.74 Å². The highest BCUT2D eigenvalue weighted by Crippen LogP contribution is 2.13. The van der Waals surface area contributed by atoms with Gasteiger partial charge in [0.15, 0.2) is 9.84 Å². The minimum Gasteiger partial charge on any atom is -0.459 e. The van der Waals surface area contributed by atoms with Crippen LogP contribution in [0.2, 0.25) is 0 Å². The average Bonchev–Trinajstić information content (AvgIpc) is 2.66. The molecule has 0 amide bonds. The molecule has 0 spiro atoms. The number of sulfone groups is 1. The number of carbonyl (C=O) groups excluding carboxylic acids is 1. The molecule has 0 aliphatic carbocycles. The molecule has 7 nitrogen and oxygen atoms in total. The molecule has 0 atom stereocenters. The van der Waals surface area contributed by atoms with Crippen LogP contribution in [0.15, 0.2) is 58.4 Å². The first-order chi connectivity index (χ1) is 13.2. The van der Waals surface area contributed by atoms with Crippen molar-refractivity contribution >= 4 is 21.5 Å². The molecule has 0 radical (unpaired) electrons. The van der Waals surface area contributed by atoms with Crippen molar-refractivity contribution in [1.29, 1.82) is 0 Å². The number of aryl methyl sites for hydroxylation is 2. The number of rotatable bonds is 6. The van der Waals surface area contributed by atoms with Crippen LogP contribution in [0.1, 0.15) is 23.2 Å². The fourth-order valence-corrected chi connectivity index (χ4v) is 3.86. The Kier molecular flexibility index (Phi) is 5.60. The molecule has 3 rings (SSSR count). The first kappa shape index (κ1) is 19.8. The van der Waals surface area contributed by atoms with Crippen LogP contribution in [0.3, 0.4) is 0 Å². The zero-order chi connectivity index (χ0) is 20.3. The van der Waals surface area contributed by atoms with Gasteiger partial charge in [-0.2, -0.15) is 0 Å². The van der Waals surface area contributed by atoms with Crippen molar-refractivity contribution in [2.75, 3.05) is 5.75 Å². The van der Waals surface area contributed by atoms with E-state index >= 15 is 0 Å². The van der Waals surface area contributed by atoms with Crippen LogP contribution in [-0.4, -0.2) is 29.5 Å². The fraction of sp³-hybridized carbons (Fsp3) is 0.250. The first-order valence-corrected chi connectivity index (χ1v) is 10.3. The molecule has 1 aromatic carbocycles. The quantitative estimate of drug-likeness (QED) is 0.589. The number of benzene rings is 1. The van der Waals surface area contributed by atoms with E-state index in [-0.39, 0.29) is 29.2 Å². The van der Waals surface area contributed by atoms with Gasteiger partial charge in [-0.25, -0.2) is 13.4 Å².